The average Bonchev–Trinajstić information content (AvgIpc) is 2.67. The quantitative estimate of drug-likeness (QED) is 0.714. The Morgan fingerprint density at radius 1 is 0.720 bits per heavy atom. The molecular weight excluding hydrogens is 306 g/mol. The molecule has 25 heavy (non-hydrogen) atoms. The fraction of sp³-hybridized carbons (Fsp3) is 0.217. The van der Waals surface area contributed by atoms with Gasteiger partial charge in [0.2, 0.25) is 0 Å². The van der Waals surface area contributed by atoms with Crippen molar-refractivity contribution < 1.29 is 5.11 Å². The SMILES string of the molecule is OCC1CCN1C(c1ccccc1)(c1ccccc1)c1ccccc1. The Kier molecular flexibility index (Phi) is 4.39. The molecule has 4 rings (SSSR count). The molecule has 2 heteroatoms. The lowest BCUT2D eigenvalue weighted by molar-refractivity contribution is -0.0174. The molecule has 1 fully saturated rings. The fourth-order valence-corrected chi connectivity index (χ4v) is 4.11. The minimum Gasteiger partial charge on any atom is -0.395 e. The molecule has 0 aliphatic carbocycles. The Balaban J connectivity index is 2.02. The summed E-state index contributed by atoms with van der Waals surface area (Å²) >= 11 is 0. The van der Waals surface area contributed by atoms with Gasteiger partial charge in [0, 0.05) is 12.6 Å². The van der Waals surface area contributed by atoms with E-state index in [1.54, 1.807) is 0 Å². The largest absolute Gasteiger partial charge is 0.395 e. The zero-order valence-corrected chi connectivity index (χ0v) is 14.3. The van der Waals surface area contributed by atoms with Crippen LogP contribution in [-0.2, 0) is 5.54 Å². The van der Waals surface area contributed by atoms with Crippen molar-refractivity contribution in [3.05, 3.63) is 108 Å². The minimum atomic E-state index is -0.380. The van der Waals surface area contributed by atoms with Crippen LogP contribution in [0.2, 0.25) is 0 Å². The number of nitrogens with zero attached hydrogens (tertiary/aromatic N) is 1. The Morgan fingerprint density at radius 2 is 1.12 bits per heavy atom. The van der Waals surface area contributed by atoms with E-state index in [1.807, 2.05) is 0 Å². The van der Waals surface area contributed by atoms with E-state index in [0.29, 0.717) is 0 Å². The van der Waals surface area contributed by atoms with Gasteiger partial charge in [-0.15, -0.1) is 0 Å². The fourth-order valence-electron chi connectivity index (χ4n) is 4.11. The molecule has 126 valence electrons. The minimum absolute atomic E-state index is 0.181. The highest BCUT2D eigenvalue weighted by Gasteiger charge is 2.48. The molecule has 1 saturated heterocycles. The molecule has 0 spiro atoms. The number of benzene rings is 3. The standard InChI is InChI=1S/C23H23NO/c25-18-22-16-17-24(22)23(19-10-4-1-5-11-19,20-12-6-2-7-13-20)21-14-8-3-9-15-21/h1-15,22,25H,16-18H2. The first kappa shape index (κ1) is 16.1. The number of aliphatic hydroxyl groups is 1. The predicted octanol–water partition coefficient (Wildman–Crippen LogP) is 4.05. The maximum absolute atomic E-state index is 9.92. The maximum atomic E-state index is 9.92. The van der Waals surface area contributed by atoms with Crippen LogP contribution in [0.15, 0.2) is 91.0 Å². The summed E-state index contributed by atoms with van der Waals surface area (Å²) in [7, 11) is 0. The van der Waals surface area contributed by atoms with E-state index in [2.05, 4.69) is 95.9 Å². The Morgan fingerprint density at radius 3 is 1.40 bits per heavy atom. The Bertz CT molecular complexity index is 703. The van der Waals surface area contributed by atoms with Gasteiger partial charge in [-0.25, -0.2) is 0 Å². The van der Waals surface area contributed by atoms with Crippen LogP contribution >= 0.6 is 0 Å². The zero-order chi connectivity index (χ0) is 17.1. The lowest BCUT2D eigenvalue weighted by atomic mass is 9.73. The second-order valence-corrected chi connectivity index (χ2v) is 6.63. The zero-order valence-electron chi connectivity index (χ0n) is 14.3. The van der Waals surface area contributed by atoms with E-state index in [4.69, 9.17) is 0 Å². The Hall–Kier alpha value is -2.42. The van der Waals surface area contributed by atoms with E-state index >= 15 is 0 Å². The van der Waals surface area contributed by atoms with Crippen LogP contribution in [0, 0.1) is 0 Å². The molecule has 0 aromatic heterocycles. The van der Waals surface area contributed by atoms with Crippen molar-refractivity contribution in [2.75, 3.05) is 13.2 Å². The number of aliphatic hydroxyl groups excluding tert-OH is 1. The third kappa shape index (κ3) is 2.58. The summed E-state index contributed by atoms with van der Waals surface area (Å²) in [4.78, 5) is 2.45. The summed E-state index contributed by atoms with van der Waals surface area (Å²) < 4.78 is 0. The molecular formula is C23H23NO. The van der Waals surface area contributed by atoms with E-state index in [1.165, 1.54) is 16.7 Å². The van der Waals surface area contributed by atoms with Gasteiger partial charge < -0.3 is 5.11 Å². The van der Waals surface area contributed by atoms with Crippen molar-refractivity contribution in [2.45, 2.75) is 18.0 Å². The van der Waals surface area contributed by atoms with Gasteiger partial charge in [0.15, 0.2) is 0 Å². The van der Waals surface area contributed by atoms with Gasteiger partial charge in [0.05, 0.1) is 12.1 Å². The molecule has 0 bridgehead atoms. The molecule has 1 aliphatic rings. The summed E-state index contributed by atoms with van der Waals surface area (Å²) in [5.74, 6) is 0. The normalized spacial score (nSPS) is 17.9. The maximum Gasteiger partial charge on any atom is 0.0976 e. The second-order valence-electron chi connectivity index (χ2n) is 6.63. The molecule has 0 saturated carbocycles. The monoisotopic (exact) mass is 329 g/mol. The average molecular weight is 329 g/mol. The molecule has 0 amide bonds. The lowest BCUT2D eigenvalue weighted by Gasteiger charge is -2.54. The van der Waals surface area contributed by atoms with Gasteiger partial charge in [-0.2, -0.15) is 0 Å². The second kappa shape index (κ2) is 6.83. The van der Waals surface area contributed by atoms with Crippen LogP contribution in [-0.4, -0.2) is 29.2 Å². The molecule has 1 heterocycles. The highest BCUT2D eigenvalue weighted by molar-refractivity contribution is 5.50. The topological polar surface area (TPSA) is 23.5 Å². The van der Waals surface area contributed by atoms with Crippen LogP contribution in [0.1, 0.15) is 23.1 Å². The summed E-state index contributed by atoms with van der Waals surface area (Å²) in [5.41, 5.74) is 3.34. The van der Waals surface area contributed by atoms with Crippen LogP contribution < -0.4 is 0 Å². The van der Waals surface area contributed by atoms with Crippen molar-refractivity contribution >= 4 is 0 Å². The third-order valence-corrected chi connectivity index (χ3v) is 5.36. The van der Waals surface area contributed by atoms with E-state index < -0.39 is 0 Å². The number of hydrogen-bond acceptors (Lipinski definition) is 2. The van der Waals surface area contributed by atoms with Gasteiger partial charge in [-0.05, 0) is 23.1 Å². The van der Waals surface area contributed by atoms with Crippen LogP contribution in [0.4, 0.5) is 0 Å². The third-order valence-electron chi connectivity index (χ3n) is 5.36. The van der Waals surface area contributed by atoms with Crippen molar-refractivity contribution in [3.8, 4) is 0 Å². The van der Waals surface area contributed by atoms with Gasteiger partial charge >= 0.3 is 0 Å². The number of rotatable bonds is 5. The molecule has 3 aromatic rings. The smallest absolute Gasteiger partial charge is 0.0976 e. The molecule has 1 atom stereocenters. The summed E-state index contributed by atoms with van der Waals surface area (Å²) in [6.07, 6.45) is 1.03. The van der Waals surface area contributed by atoms with Crippen molar-refractivity contribution in [1.82, 2.24) is 4.90 Å². The first-order valence-corrected chi connectivity index (χ1v) is 8.91. The van der Waals surface area contributed by atoms with Gasteiger partial charge in [0.25, 0.3) is 0 Å². The molecule has 2 nitrogen and oxygen atoms in total. The van der Waals surface area contributed by atoms with E-state index in [9.17, 15) is 5.11 Å². The molecule has 1 aliphatic heterocycles. The van der Waals surface area contributed by atoms with Gasteiger partial charge in [-0.3, -0.25) is 4.90 Å². The first-order chi connectivity index (χ1) is 12.4. The summed E-state index contributed by atoms with van der Waals surface area (Å²) in [5, 5.41) is 9.92. The van der Waals surface area contributed by atoms with Gasteiger partial charge in [0.1, 0.15) is 0 Å². The molecule has 0 radical (unpaired) electrons. The van der Waals surface area contributed by atoms with Crippen LogP contribution in [0.25, 0.3) is 0 Å². The highest BCUT2D eigenvalue weighted by atomic mass is 16.3. The Labute approximate surface area is 149 Å². The van der Waals surface area contributed by atoms with Crippen molar-refractivity contribution in [2.24, 2.45) is 0 Å². The molecule has 1 N–H and O–H groups in total. The predicted molar refractivity (Wildman–Crippen MR) is 101 cm³/mol. The number of likely N-dealkylation sites (tertiary alicyclic amines) is 1. The first-order valence-electron chi connectivity index (χ1n) is 8.91. The van der Waals surface area contributed by atoms with Gasteiger partial charge in [-0.1, -0.05) is 91.0 Å². The van der Waals surface area contributed by atoms with E-state index in [-0.39, 0.29) is 18.2 Å². The van der Waals surface area contributed by atoms with Crippen molar-refractivity contribution in [1.29, 1.82) is 0 Å². The molecule has 3 aromatic carbocycles. The highest BCUT2D eigenvalue weighted by Crippen LogP contribution is 2.46. The van der Waals surface area contributed by atoms with Crippen LogP contribution in [0.5, 0.6) is 0 Å². The molecule has 1 unspecified atom stereocenters. The lowest BCUT2D eigenvalue weighted by Crippen LogP contribution is -2.61. The van der Waals surface area contributed by atoms with Crippen LogP contribution in [0.3, 0.4) is 0 Å². The summed E-state index contributed by atoms with van der Waals surface area (Å²) in [6, 6.07) is 32.2. The van der Waals surface area contributed by atoms with E-state index in [0.717, 1.165) is 13.0 Å². The van der Waals surface area contributed by atoms with Crippen molar-refractivity contribution in [3.63, 3.8) is 0 Å². The number of hydrogen-bond donors (Lipinski definition) is 1. The summed E-state index contributed by atoms with van der Waals surface area (Å²) in [6.45, 7) is 1.16.